The lowest BCUT2D eigenvalue weighted by molar-refractivity contribution is -0.113. The smallest absolute Gasteiger partial charge is 0.410 e. The van der Waals surface area contributed by atoms with Gasteiger partial charge in [-0.2, -0.15) is 0 Å². The van der Waals surface area contributed by atoms with Gasteiger partial charge in [-0.3, -0.25) is 4.90 Å². The second-order valence-corrected chi connectivity index (χ2v) is 4.13. The minimum absolute atomic E-state index is 0.234. The Bertz CT molecular complexity index is 404. The van der Waals surface area contributed by atoms with Gasteiger partial charge in [0.1, 0.15) is 6.61 Å². The Morgan fingerprint density at radius 3 is 2.50 bits per heavy atom. The molecule has 0 aliphatic carbocycles. The van der Waals surface area contributed by atoms with Crippen molar-refractivity contribution in [3.63, 3.8) is 0 Å². The number of rotatable bonds is 8. The molecule has 0 aliphatic heterocycles. The summed E-state index contributed by atoms with van der Waals surface area (Å²) >= 11 is 0. The highest BCUT2D eigenvalue weighted by Crippen LogP contribution is 2.05. The molecule has 0 aliphatic rings. The first-order valence-corrected chi connectivity index (χ1v) is 6.33. The van der Waals surface area contributed by atoms with Crippen LogP contribution in [-0.4, -0.2) is 44.6 Å². The summed E-state index contributed by atoms with van der Waals surface area (Å²) in [4.78, 5) is 13.5. The molecule has 0 unspecified atom stereocenters. The van der Waals surface area contributed by atoms with Gasteiger partial charge < -0.3 is 14.2 Å². The summed E-state index contributed by atoms with van der Waals surface area (Å²) < 4.78 is 15.4. The zero-order valence-corrected chi connectivity index (χ0v) is 12.0. The van der Waals surface area contributed by atoms with E-state index in [1.54, 1.807) is 6.08 Å². The molecule has 5 heteroatoms. The van der Waals surface area contributed by atoms with Crippen molar-refractivity contribution in [3.8, 4) is 0 Å². The molecule has 0 saturated carbocycles. The standard InChI is InChI=1S/C15H21NO4/c1-4-10-16(11-14(18-2)19-3)15(17)20-12-13-8-6-5-7-9-13/h4-9,14H,1,10-12H2,2-3H3. The van der Waals surface area contributed by atoms with Crippen LogP contribution >= 0.6 is 0 Å². The molecule has 1 rings (SSSR count). The van der Waals surface area contributed by atoms with Crippen molar-refractivity contribution >= 4 is 6.09 Å². The highest BCUT2D eigenvalue weighted by molar-refractivity contribution is 5.67. The minimum Gasteiger partial charge on any atom is -0.445 e. The van der Waals surface area contributed by atoms with E-state index in [0.717, 1.165) is 5.56 Å². The van der Waals surface area contributed by atoms with Crippen LogP contribution in [0.15, 0.2) is 43.0 Å². The maximum Gasteiger partial charge on any atom is 0.410 e. The van der Waals surface area contributed by atoms with E-state index >= 15 is 0 Å². The lowest BCUT2D eigenvalue weighted by Crippen LogP contribution is -2.39. The van der Waals surface area contributed by atoms with Gasteiger partial charge in [0, 0.05) is 20.8 Å². The van der Waals surface area contributed by atoms with Crippen molar-refractivity contribution in [1.82, 2.24) is 4.90 Å². The van der Waals surface area contributed by atoms with Crippen molar-refractivity contribution in [2.45, 2.75) is 12.9 Å². The fourth-order valence-electron chi connectivity index (χ4n) is 1.62. The summed E-state index contributed by atoms with van der Waals surface area (Å²) in [6.07, 6.45) is 0.721. The van der Waals surface area contributed by atoms with Crippen molar-refractivity contribution < 1.29 is 19.0 Å². The second kappa shape index (κ2) is 9.12. The van der Waals surface area contributed by atoms with Gasteiger partial charge in [-0.25, -0.2) is 4.79 Å². The molecule has 0 saturated heterocycles. The van der Waals surface area contributed by atoms with Crippen LogP contribution in [0.2, 0.25) is 0 Å². The van der Waals surface area contributed by atoms with Crippen LogP contribution in [0.1, 0.15) is 5.56 Å². The first-order chi connectivity index (χ1) is 9.71. The number of methoxy groups -OCH3 is 2. The molecular formula is C15H21NO4. The van der Waals surface area contributed by atoms with Gasteiger partial charge in [0.05, 0.1) is 6.54 Å². The summed E-state index contributed by atoms with van der Waals surface area (Å²) in [5.74, 6) is 0. The molecular weight excluding hydrogens is 258 g/mol. The zero-order valence-electron chi connectivity index (χ0n) is 12.0. The number of hydrogen-bond donors (Lipinski definition) is 0. The van der Waals surface area contributed by atoms with Gasteiger partial charge >= 0.3 is 6.09 Å². The molecule has 0 aromatic heterocycles. The van der Waals surface area contributed by atoms with E-state index in [1.807, 2.05) is 30.3 Å². The molecule has 0 bridgehead atoms. The normalized spacial score (nSPS) is 10.3. The summed E-state index contributed by atoms with van der Waals surface area (Å²) in [6, 6.07) is 9.51. The number of benzene rings is 1. The van der Waals surface area contributed by atoms with E-state index < -0.39 is 12.4 Å². The van der Waals surface area contributed by atoms with E-state index in [2.05, 4.69) is 6.58 Å². The molecule has 0 N–H and O–H groups in total. The molecule has 5 nitrogen and oxygen atoms in total. The third kappa shape index (κ3) is 5.42. The van der Waals surface area contributed by atoms with Gasteiger partial charge in [-0.1, -0.05) is 36.4 Å². The fourth-order valence-corrected chi connectivity index (χ4v) is 1.62. The third-order valence-corrected chi connectivity index (χ3v) is 2.71. The van der Waals surface area contributed by atoms with Crippen LogP contribution in [0.25, 0.3) is 0 Å². The summed E-state index contributed by atoms with van der Waals surface area (Å²) in [5.41, 5.74) is 0.939. The molecule has 0 radical (unpaired) electrons. The first kappa shape index (κ1) is 16.2. The molecule has 1 amide bonds. The van der Waals surface area contributed by atoms with Gasteiger partial charge in [0.15, 0.2) is 6.29 Å². The third-order valence-electron chi connectivity index (χ3n) is 2.71. The number of ether oxygens (including phenoxy) is 3. The Labute approximate surface area is 119 Å². The largest absolute Gasteiger partial charge is 0.445 e. The summed E-state index contributed by atoms with van der Waals surface area (Å²) in [7, 11) is 3.05. The average molecular weight is 279 g/mol. The summed E-state index contributed by atoms with van der Waals surface area (Å²) in [5, 5.41) is 0. The second-order valence-electron chi connectivity index (χ2n) is 4.13. The zero-order chi connectivity index (χ0) is 14.8. The highest BCUT2D eigenvalue weighted by atomic mass is 16.7. The number of nitrogens with zero attached hydrogens (tertiary/aromatic N) is 1. The Hall–Kier alpha value is -1.85. The van der Waals surface area contributed by atoms with Crippen LogP contribution in [-0.2, 0) is 20.8 Å². The fraction of sp³-hybridized carbons (Fsp3) is 0.400. The van der Waals surface area contributed by atoms with E-state index in [0.29, 0.717) is 6.54 Å². The predicted molar refractivity (Wildman–Crippen MR) is 76.2 cm³/mol. The molecule has 1 aromatic carbocycles. The quantitative estimate of drug-likeness (QED) is 0.541. The Morgan fingerprint density at radius 2 is 1.95 bits per heavy atom. The maximum absolute atomic E-state index is 12.0. The Morgan fingerprint density at radius 1 is 1.30 bits per heavy atom. The van der Waals surface area contributed by atoms with Crippen molar-refractivity contribution in [2.24, 2.45) is 0 Å². The topological polar surface area (TPSA) is 48.0 Å². The van der Waals surface area contributed by atoms with Crippen LogP contribution in [0.4, 0.5) is 4.79 Å². The van der Waals surface area contributed by atoms with Crippen LogP contribution < -0.4 is 0 Å². The SMILES string of the molecule is C=CCN(CC(OC)OC)C(=O)OCc1ccccc1. The average Bonchev–Trinajstić information content (AvgIpc) is 2.50. The van der Waals surface area contributed by atoms with E-state index in [-0.39, 0.29) is 13.2 Å². The maximum atomic E-state index is 12.0. The minimum atomic E-state index is -0.487. The lowest BCUT2D eigenvalue weighted by Gasteiger charge is -2.24. The molecule has 20 heavy (non-hydrogen) atoms. The van der Waals surface area contributed by atoms with Gasteiger partial charge in [0.25, 0.3) is 0 Å². The number of carbonyl (C=O) groups is 1. The Kier molecular flexibility index (Phi) is 7.39. The Balaban J connectivity index is 2.53. The van der Waals surface area contributed by atoms with E-state index in [4.69, 9.17) is 14.2 Å². The molecule has 0 atom stereocenters. The first-order valence-electron chi connectivity index (χ1n) is 6.33. The molecule has 0 fully saturated rings. The number of carbonyl (C=O) groups excluding carboxylic acids is 1. The number of hydrogen-bond acceptors (Lipinski definition) is 4. The van der Waals surface area contributed by atoms with Gasteiger partial charge in [0.2, 0.25) is 0 Å². The van der Waals surface area contributed by atoms with Crippen LogP contribution in [0.5, 0.6) is 0 Å². The molecule has 0 heterocycles. The monoisotopic (exact) mass is 279 g/mol. The van der Waals surface area contributed by atoms with Crippen LogP contribution in [0, 0.1) is 0 Å². The number of amides is 1. The lowest BCUT2D eigenvalue weighted by atomic mass is 10.2. The molecule has 0 spiro atoms. The highest BCUT2D eigenvalue weighted by Gasteiger charge is 2.18. The van der Waals surface area contributed by atoms with Crippen molar-refractivity contribution in [2.75, 3.05) is 27.3 Å². The molecule has 110 valence electrons. The van der Waals surface area contributed by atoms with Crippen LogP contribution in [0.3, 0.4) is 0 Å². The van der Waals surface area contributed by atoms with Gasteiger partial charge in [-0.05, 0) is 5.56 Å². The van der Waals surface area contributed by atoms with Crippen molar-refractivity contribution in [1.29, 1.82) is 0 Å². The predicted octanol–water partition coefficient (Wildman–Crippen LogP) is 2.43. The van der Waals surface area contributed by atoms with Gasteiger partial charge in [-0.15, -0.1) is 6.58 Å². The van der Waals surface area contributed by atoms with E-state index in [1.165, 1.54) is 19.1 Å². The summed E-state index contributed by atoms with van der Waals surface area (Å²) in [6.45, 7) is 4.52. The van der Waals surface area contributed by atoms with E-state index in [9.17, 15) is 4.79 Å². The van der Waals surface area contributed by atoms with Crippen molar-refractivity contribution in [3.05, 3.63) is 48.6 Å². The molecule has 1 aromatic rings.